The number of nitrogens with one attached hydrogen (secondary N) is 2. The molecule has 2 N–H and O–H groups in total. The quantitative estimate of drug-likeness (QED) is 0.279. The van der Waals surface area contributed by atoms with Crippen molar-refractivity contribution in [3.8, 4) is 0 Å². The van der Waals surface area contributed by atoms with Gasteiger partial charge in [0.1, 0.15) is 0 Å². The van der Waals surface area contributed by atoms with Gasteiger partial charge >= 0.3 is 0 Å². The lowest BCUT2D eigenvalue weighted by molar-refractivity contribution is 0.0955. The minimum absolute atomic E-state index is 0. The van der Waals surface area contributed by atoms with E-state index in [4.69, 9.17) is 4.99 Å². The molecule has 1 aromatic carbocycles. The minimum Gasteiger partial charge on any atom is -0.357 e. The van der Waals surface area contributed by atoms with Gasteiger partial charge in [-0.2, -0.15) is 11.8 Å². The monoisotopic (exact) mass is 490 g/mol. The van der Waals surface area contributed by atoms with Crippen molar-refractivity contribution in [1.82, 2.24) is 15.5 Å². The van der Waals surface area contributed by atoms with Gasteiger partial charge in [0.05, 0.1) is 6.54 Å². The highest BCUT2D eigenvalue weighted by Crippen LogP contribution is 2.24. The van der Waals surface area contributed by atoms with Crippen LogP contribution in [0.1, 0.15) is 31.1 Å². The molecule has 5 nitrogen and oxygen atoms in total. The molecule has 1 aliphatic rings. The number of benzene rings is 1. The summed E-state index contributed by atoms with van der Waals surface area (Å²) in [5, 5.41) is 6.96. The number of carbonyl (C=O) groups is 1. The zero-order valence-electron chi connectivity index (χ0n) is 15.9. The van der Waals surface area contributed by atoms with E-state index in [0.29, 0.717) is 29.8 Å². The van der Waals surface area contributed by atoms with Crippen molar-refractivity contribution in [1.29, 1.82) is 0 Å². The number of amides is 1. The van der Waals surface area contributed by atoms with Crippen molar-refractivity contribution < 1.29 is 4.79 Å². The molecule has 7 heteroatoms. The van der Waals surface area contributed by atoms with Crippen molar-refractivity contribution in [2.24, 2.45) is 10.9 Å². The molecule has 1 atom stereocenters. The second-order valence-electron chi connectivity index (χ2n) is 6.46. The molecular formula is C19H31IN4OS. The van der Waals surface area contributed by atoms with Gasteiger partial charge in [0.2, 0.25) is 0 Å². The molecule has 1 aromatic rings. The van der Waals surface area contributed by atoms with Crippen molar-refractivity contribution in [2.75, 3.05) is 38.5 Å². The molecule has 1 unspecified atom stereocenters. The molecule has 0 bridgehead atoms. The van der Waals surface area contributed by atoms with E-state index >= 15 is 0 Å². The third-order valence-electron chi connectivity index (χ3n) is 4.17. The van der Waals surface area contributed by atoms with Crippen LogP contribution in [-0.4, -0.2) is 60.5 Å². The van der Waals surface area contributed by atoms with E-state index in [0.717, 1.165) is 31.3 Å². The number of guanidine groups is 1. The van der Waals surface area contributed by atoms with E-state index in [2.05, 4.69) is 48.1 Å². The van der Waals surface area contributed by atoms with Crippen LogP contribution in [0.3, 0.4) is 0 Å². The van der Waals surface area contributed by atoms with Crippen LogP contribution in [0.5, 0.6) is 0 Å². The second kappa shape index (κ2) is 12.4. The molecular weight excluding hydrogens is 459 g/mol. The molecule has 1 fully saturated rings. The molecule has 26 heavy (non-hydrogen) atoms. The van der Waals surface area contributed by atoms with Gasteiger partial charge in [-0.05, 0) is 25.0 Å². The number of carbonyl (C=O) groups excluding carboxylic acids is 1. The van der Waals surface area contributed by atoms with E-state index in [1.165, 1.54) is 0 Å². The number of hydrogen-bond donors (Lipinski definition) is 2. The van der Waals surface area contributed by atoms with Crippen LogP contribution in [0, 0.1) is 5.92 Å². The lowest BCUT2D eigenvalue weighted by atomic mass is 10.1. The number of rotatable bonds is 6. The van der Waals surface area contributed by atoms with Crippen LogP contribution in [0.2, 0.25) is 0 Å². The second-order valence-corrected chi connectivity index (χ2v) is 7.80. The summed E-state index contributed by atoms with van der Waals surface area (Å²) in [5.74, 6) is 2.72. The Kier molecular flexibility index (Phi) is 11.0. The largest absolute Gasteiger partial charge is 0.357 e. The Morgan fingerprint density at radius 2 is 2.04 bits per heavy atom. The summed E-state index contributed by atoms with van der Waals surface area (Å²) in [5.41, 5.74) is 0.686. The number of thioether (sulfide) groups is 1. The third-order valence-corrected chi connectivity index (χ3v) is 5.71. The van der Waals surface area contributed by atoms with Gasteiger partial charge in [-0.3, -0.25) is 9.79 Å². The molecule has 0 radical (unpaired) electrons. The Bertz CT molecular complexity index is 568. The van der Waals surface area contributed by atoms with Gasteiger partial charge in [-0.25, -0.2) is 0 Å². The molecule has 0 aromatic heterocycles. The fourth-order valence-electron chi connectivity index (χ4n) is 2.72. The Labute approximate surface area is 178 Å². The Balaban J connectivity index is 0.00000338. The molecule has 1 saturated heterocycles. The SMILES string of the molecule is CCNC(=NCCNC(=O)c1ccccc1)N1CCSC(C(C)C)C1.I. The normalized spacial score (nSPS) is 17.6. The minimum atomic E-state index is -0.0463. The topological polar surface area (TPSA) is 56.7 Å². The van der Waals surface area contributed by atoms with Crippen molar-refractivity contribution in [3.63, 3.8) is 0 Å². The first kappa shape index (κ1) is 23.1. The number of nitrogens with zero attached hydrogens (tertiary/aromatic N) is 2. The summed E-state index contributed by atoms with van der Waals surface area (Å²) in [6, 6.07) is 9.29. The highest BCUT2D eigenvalue weighted by atomic mass is 127. The molecule has 2 rings (SSSR count). The Hall–Kier alpha value is -0.960. The van der Waals surface area contributed by atoms with Gasteiger partial charge in [-0.15, -0.1) is 24.0 Å². The first-order valence-electron chi connectivity index (χ1n) is 9.10. The van der Waals surface area contributed by atoms with Crippen LogP contribution in [0.25, 0.3) is 0 Å². The predicted octanol–water partition coefficient (Wildman–Crippen LogP) is 3.07. The fraction of sp³-hybridized carbons (Fsp3) is 0.579. The summed E-state index contributed by atoms with van der Waals surface area (Å²) in [4.78, 5) is 19.1. The lowest BCUT2D eigenvalue weighted by Gasteiger charge is -2.36. The first-order chi connectivity index (χ1) is 12.1. The van der Waals surface area contributed by atoms with Crippen LogP contribution in [0.4, 0.5) is 0 Å². The number of halogens is 1. The van der Waals surface area contributed by atoms with Gasteiger partial charge < -0.3 is 15.5 Å². The van der Waals surface area contributed by atoms with E-state index in [1.807, 2.05) is 30.3 Å². The zero-order chi connectivity index (χ0) is 18.1. The Morgan fingerprint density at radius 1 is 1.31 bits per heavy atom. The number of aliphatic imine (C=N–C) groups is 1. The highest BCUT2D eigenvalue weighted by molar-refractivity contribution is 14.0. The Morgan fingerprint density at radius 3 is 2.69 bits per heavy atom. The van der Waals surface area contributed by atoms with Crippen molar-refractivity contribution >= 4 is 47.6 Å². The summed E-state index contributed by atoms with van der Waals surface area (Å²) < 4.78 is 0. The average Bonchev–Trinajstić information content (AvgIpc) is 2.65. The van der Waals surface area contributed by atoms with Gasteiger partial charge in [0, 0.05) is 42.7 Å². The maximum absolute atomic E-state index is 12.0. The molecule has 1 heterocycles. The predicted molar refractivity (Wildman–Crippen MR) is 123 cm³/mol. The van der Waals surface area contributed by atoms with Gasteiger partial charge in [-0.1, -0.05) is 32.0 Å². The molecule has 1 amide bonds. The highest BCUT2D eigenvalue weighted by Gasteiger charge is 2.24. The van der Waals surface area contributed by atoms with E-state index in [1.54, 1.807) is 0 Å². The van der Waals surface area contributed by atoms with Crippen LogP contribution >= 0.6 is 35.7 Å². The fourth-order valence-corrected chi connectivity index (χ4v) is 4.02. The smallest absolute Gasteiger partial charge is 0.251 e. The molecule has 0 spiro atoms. The zero-order valence-corrected chi connectivity index (χ0v) is 19.1. The molecule has 1 aliphatic heterocycles. The molecule has 0 aliphatic carbocycles. The van der Waals surface area contributed by atoms with Crippen molar-refractivity contribution in [3.05, 3.63) is 35.9 Å². The maximum atomic E-state index is 12.0. The van der Waals surface area contributed by atoms with E-state index < -0.39 is 0 Å². The standard InChI is InChI=1S/C19H30N4OS.HI/c1-4-20-19(23-12-13-25-17(14-23)15(2)3)22-11-10-21-18(24)16-8-6-5-7-9-16;/h5-9,15,17H,4,10-14H2,1-3H3,(H,20,22)(H,21,24);1H. The summed E-state index contributed by atoms with van der Waals surface area (Å²) in [6.07, 6.45) is 0. The van der Waals surface area contributed by atoms with Crippen LogP contribution in [-0.2, 0) is 0 Å². The summed E-state index contributed by atoms with van der Waals surface area (Å²) in [6.45, 7) is 10.7. The third kappa shape index (κ3) is 7.34. The van der Waals surface area contributed by atoms with E-state index in [-0.39, 0.29) is 29.9 Å². The molecule has 146 valence electrons. The lowest BCUT2D eigenvalue weighted by Crippen LogP contribution is -2.49. The average molecular weight is 490 g/mol. The van der Waals surface area contributed by atoms with E-state index in [9.17, 15) is 4.79 Å². The van der Waals surface area contributed by atoms with Crippen LogP contribution in [0.15, 0.2) is 35.3 Å². The van der Waals surface area contributed by atoms with Crippen molar-refractivity contribution in [2.45, 2.75) is 26.0 Å². The summed E-state index contributed by atoms with van der Waals surface area (Å²) in [7, 11) is 0. The van der Waals surface area contributed by atoms with Gasteiger partial charge in [0.15, 0.2) is 5.96 Å². The van der Waals surface area contributed by atoms with Gasteiger partial charge in [0.25, 0.3) is 5.91 Å². The maximum Gasteiger partial charge on any atom is 0.251 e. The first-order valence-corrected chi connectivity index (χ1v) is 10.1. The molecule has 0 saturated carbocycles. The van der Waals surface area contributed by atoms with Crippen LogP contribution < -0.4 is 10.6 Å². The number of hydrogen-bond acceptors (Lipinski definition) is 3. The summed E-state index contributed by atoms with van der Waals surface area (Å²) >= 11 is 2.06.